The predicted octanol–water partition coefficient (Wildman–Crippen LogP) is 2.30. The number of aliphatic imine (C=N–C) groups is 1. The van der Waals surface area contributed by atoms with Crippen molar-refractivity contribution in [1.29, 1.82) is 0 Å². The number of hydrogen-bond acceptors (Lipinski definition) is 3. The van der Waals surface area contributed by atoms with Crippen LogP contribution in [0.3, 0.4) is 0 Å². The first kappa shape index (κ1) is 12.0. The number of allylic oxidation sites excluding steroid dienone is 3. The average Bonchev–Trinajstić information content (AvgIpc) is 2.59. The fraction of sp³-hybridized carbons (Fsp3) is 0.0625. The van der Waals surface area contributed by atoms with Crippen LogP contribution in [0.2, 0.25) is 0 Å². The second-order valence-corrected chi connectivity index (χ2v) is 5.36. The van der Waals surface area contributed by atoms with Crippen LogP contribution in [0.15, 0.2) is 63.4 Å². The van der Waals surface area contributed by atoms with Gasteiger partial charge in [0.05, 0.1) is 5.70 Å². The summed E-state index contributed by atoms with van der Waals surface area (Å²) in [6.07, 6.45) is 14.3. The molecule has 0 saturated heterocycles. The summed E-state index contributed by atoms with van der Waals surface area (Å²) in [5.41, 5.74) is 4.14. The zero-order valence-electron chi connectivity index (χ0n) is 10.3. The molecular formula is C16H12N2S. The van der Waals surface area contributed by atoms with Gasteiger partial charge in [-0.3, -0.25) is 9.98 Å². The van der Waals surface area contributed by atoms with Gasteiger partial charge in [-0.25, -0.2) is 0 Å². The highest BCUT2D eigenvalue weighted by atomic mass is 32.2. The molecule has 3 heterocycles. The largest absolute Gasteiger partial charge is 0.264 e. The molecule has 0 aromatic carbocycles. The molecule has 2 aliphatic heterocycles. The monoisotopic (exact) mass is 264 g/mol. The number of rotatable bonds is 0. The third kappa shape index (κ3) is 2.68. The van der Waals surface area contributed by atoms with Crippen LogP contribution in [0.25, 0.3) is 12.2 Å². The molecule has 0 fully saturated rings. The number of pyridine rings is 1. The van der Waals surface area contributed by atoms with Crippen molar-refractivity contribution in [1.82, 2.24) is 4.98 Å². The van der Waals surface area contributed by atoms with Gasteiger partial charge in [0, 0.05) is 40.1 Å². The zero-order valence-corrected chi connectivity index (χ0v) is 11.2. The molecule has 0 spiro atoms. The van der Waals surface area contributed by atoms with Crippen LogP contribution in [-0.4, -0.2) is 11.2 Å². The van der Waals surface area contributed by atoms with Crippen LogP contribution in [0.4, 0.5) is 0 Å². The van der Waals surface area contributed by atoms with Crippen molar-refractivity contribution in [2.75, 3.05) is 0 Å². The molecule has 0 N–H and O–H groups in total. The molecule has 0 atom stereocenters. The van der Waals surface area contributed by atoms with E-state index in [9.17, 15) is 0 Å². The molecule has 0 aliphatic carbocycles. The molecule has 2 nitrogen and oxygen atoms in total. The Hall–Kier alpha value is -2.09. The molecule has 0 saturated carbocycles. The van der Waals surface area contributed by atoms with Gasteiger partial charge in [0.15, 0.2) is 0 Å². The van der Waals surface area contributed by atoms with Crippen LogP contribution < -0.4 is 10.4 Å². The maximum atomic E-state index is 4.48. The van der Waals surface area contributed by atoms with Gasteiger partial charge in [-0.15, -0.1) is 5.73 Å². The zero-order chi connectivity index (χ0) is 13.1. The number of nitrogens with zero attached hydrogens (tertiary/aromatic N) is 2. The third-order valence-electron chi connectivity index (χ3n) is 2.86. The first-order valence-electron chi connectivity index (χ1n) is 6.00. The average molecular weight is 264 g/mol. The van der Waals surface area contributed by atoms with Crippen molar-refractivity contribution >= 4 is 30.1 Å². The molecular weight excluding hydrogens is 252 g/mol. The summed E-state index contributed by atoms with van der Waals surface area (Å²) in [6, 6.07) is 2.02. The first-order chi connectivity index (χ1) is 9.33. The van der Waals surface area contributed by atoms with Crippen molar-refractivity contribution in [3.8, 4) is 0 Å². The Balaban J connectivity index is 2.18. The molecule has 1 aromatic heterocycles. The Bertz CT molecular complexity index is 775. The molecule has 19 heavy (non-hydrogen) atoms. The Labute approximate surface area is 116 Å². The van der Waals surface area contributed by atoms with Crippen LogP contribution in [0.1, 0.15) is 6.42 Å². The van der Waals surface area contributed by atoms with E-state index >= 15 is 0 Å². The maximum Gasteiger partial charge on any atom is 0.0587 e. The third-order valence-corrected chi connectivity index (χ3v) is 3.81. The summed E-state index contributed by atoms with van der Waals surface area (Å²) in [4.78, 5) is 10.7. The van der Waals surface area contributed by atoms with Gasteiger partial charge in [-0.2, -0.15) is 0 Å². The van der Waals surface area contributed by atoms with Gasteiger partial charge in [0.25, 0.3) is 0 Å². The maximum absolute atomic E-state index is 4.48. The molecule has 2 aliphatic rings. The second-order valence-electron chi connectivity index (χ2n) is 4.19. The van der Waals surface area contributed by atoms with Crippen LogP contribution in [0.5, 0.6) is 0 Å². The molecule has 0 unspecified atom stereocenters. The highest BCUT2D eigenvalue weighted by Gasteiger charge is 2.07. The van der Waals surface area contributed by atoms with Crippen molar-refractivity contribution in [2.45, 2.75) is 6.42 Å². The minimum atomic E-state index is 0.795. The van der Waals surface area contributed by atoms with Crippen molar-refractivity contribution in [3.05, 3.63) is 68.9 Å². The van der Waals surface area contributed by atoms with E-state index in [1.807, 2.05) is 30.6 Å². The highest BCUT2D eigenvalue weighted by molar-refractivity contribution is 8.07. The number of hydrogen-bond donors (Lipinski definition) is 0. The molecule has 0 amide bonds. The van der Waals surface area contributed by atoms with Gasteiger partial charge in [0.2, 0.25) is 0 Å². The van der Waals surface area contributed by atoms with Gasteiger partial charge >= 0.3 is 0 Å². The lowest BCUT2D eigenvalue weighted by molar-refractivity contribution is 1.20. The number of aromatic nitrogens is 1. The van der Waals surface area contributed by atoms with E-state index in [0.29, 0.717) is 0 Å². The lowest BCUT2D eigenvalue weighted by Gasteiger charge is -2.04. The number of thioether (sulfide) groups is 1. The molecule has 3 rings (SSSR count). The van der Waals surface area contributed by atoms with E-state index in [4.69, 9.17) is 0 Å². The van der Waals surface area contributed by atoms with Crippen LogP contribution in [-0.2, 0) is 0 Å². The normalized spacial score (nSPS) is 20.9. The lowest BCUT2D eigenvalue weighted by atomic mass is 10.2. The summed E-state index contributed by atoms with van der Waals surface area (Å²) >= 11 is 1.62. The fourth-order valence-electron chi connectivity index (χ4n) is 1.96. The van der Waals surface area contributed by atoms with Gasteiger partial charge in [-0.05, 0) is 29.5 Å². The summed E-state index contributed by atoms with van der Waals surface area (Å²) in [5, 5.41) is 2.27. The topological polar surface area (TPSA) is 25.2 Å². The minimum absolute atomic E-state index is 0.795. The Kier molecular flexibility index (Phi) is 3.32. The molecule has 1 aromatic rings. The van der Waals surface area contributed by atoms with Crippen LogP contribution in [0, 0.1) is 0 Å². The van der Waals surface area contributed by atoms with Crippen molar-refractivity contribution in [2.24, 2.45) is 4.99 Å². The molecule has 3 heteroatoms. The number of fused-ring (bicyclic) bond motifs is 1. The SMILES string of the molecule is C=C1/C=c2/cncc/c2=C/CC2=C(C=C=CC=N2)S1. The standard InChI is InChI=1S/C16H12N2S/c1-12-10-14-11-17-9-7-13(14)5-6-15-16(19-12)4-2-3-8-18-15/h3-5,7-11H,1,6H2/b13-5-,14-10-. The second kappa shape index (κ2) is 5.27. The molecule has 92 valence electrons. The fourth-order valence-corrected chi connectivity index (χ4v) is 2.81. The van der Waals surface area contributed by atoms with Gasteiger partial charge in [0.1, 0.15) is 0 Å². The van der Waals surface area contributed by atoms with E-state index < -0.39 is 0 Å². The Morgan fingerprint density at radius 2 is 2.26 bits per heavy atom. The van der Waals surface area contributed by atoms with E-state index in [0.717, 1.165) is 27.1 Å². The Morgan fingerprint density at radius 1 is 1.32 bits per heavy atom. The van der Waals surface area contributed by atoms with Crippen LogP contribution >= 0.6 is 11.8 Å². The molecule has 0 bridgehead atoms. The van der Waals surface area contributed by atoms with Gasteiger partial charge < -0.3 is 0 Å². The first-order valence-corrected chi connectivity index (χ1v) is 6.81. The van der Waals surface area contributed by atoms with Crippen molar-refractivity contribution in [3.63, 3.8) is 0 Å². The highest BCUT2D eigenvalue weighted by Crippen LogP contribution is 2.31. The minimum Gasteiger partial charge on any atom is -0.264 e. The smallest absolute Gasteiger partial charge is 0.0587 e. The van der Waals surface area contributed by atoms with E-state index in [1.165, 1.54) is 5.22 Å². The summed E-state index contributed by atoms with van der Waals surface area (Å²) in [5.74, 6) is 0. The van der Waals surface area contributed by atoms with Gasteiger partial charge in [-0.1, -0.05) is 24.4 Å². The lowest BCUT2D eigenvalue weighted by Crippen LogP contribution is -2.24. The van der Waals surface area contributed by atoms with E-state index in [2.05, 4.69) is 34.4 Å². The summed E-state index contributed by atoms with van der Waals surface area (Å²) in [6.45, 7) is 4.10. The van der Waals surface area contributed by atoms with E-state index in [-0.39, 0.29) is 0 Å². The summed E-state index contributed by atoms with van der Waals surface area (Å²) < 4.78 is 0. The molecule has 0 radical (unpaired) electrons. The quantitative estimate of drug-likeness (QED) is 0.672. The Morgan fingerprint density at radius 3 is 3.21 bits per heavy atom. The van der Waals surface area contributed by atoms with E-state index in [1.54, 1.807) is 18.0 Å². The van der Waals surface area contributed by atoms with Crippen molar-refractivity contribution < 1.29 is 0 Å². The predicted molar refractivity (Wildman–Crippen MR) is 81.9 cm³/mol. The summed E-state index contributed by atoms with van der Waals surface area (Å²) in [7, 11) is 0.